The highest BCUT2D eigenvalue weighted by Gasteiger charge is 2.09. The molecule has 0 fully saturated rings. The van der Waals surface area contributed by atoms with E-state index in [2.05, 4.69) is 10.3 Å². The van der Waals surface area contributed by atoms with Crippen molar-refractivity contribution in [1.82, 2.24) is 4.98 Å². The number of halogens is 2. The zero-order chi connectivity index (χ0) is 14.5. The van der Waals surface area contributed by atoms with E-state index >= 15 is 0 Å². The number of aryl methyl sites for hydroxylation is 1. The van der Waals surface area contributed by atoms with Crippen LogP contribution in [-0.4, -0.2) is 17.5 Å². The normalized spacial score (nSPS) is 10.2. The first kappa shape index (κ1) is 13.9. The van der Waals surface area contributed by atoms with Gasteiger partial charge in [0.05, 0.1) is 11.4 Å². The van der Waals surface area contributed by atoms with Crippen molar-refractivity contribution in [2.45, 2.75) is 6.92 Å². The van der Waals surface area contributed by atoms with Crippen molar-refractivity contribution >= 4 is 11.6 Å². The van der Waals surface area contributed by atoms with Gasteiger partial charge < -0.3 is 10.1 Å². The van der Waals surface area contributed by atoms with Gasteiger partial charge in [-0.05, 0) is 31.2 Å². The van der Waals surface area contributed by atoms with E-state index in [1.807, 2.05) is 0 Å². The van der Waals surface area contributed by atoms with Crippen LogP contribution in [0.25, 0.3) is 0 Å². The summed E-state index contributed by atoms with van der Waals surface area (Å²) in [5, 5.41) is 2.30. The second-order valence-electron chi connectivity index (χ2n) is 4.05. The van der Waals surface area contributed by atoms with Crippen LogP contribution in [0.2, 0.25) is 0 Å². The first-order valence-electron chi connectivity index (χ1n) is 5.85. The van der Waals surface area contributed by atoms with Gasteiger partial charge in [0, 0.05) is 12.3 Å². The number of rotatable bonds is 4. The summed E-state index contributed by atoms with van der Waals surface area (Å²) in [4.78, 5) is 15.6. The first-order chi connectivity index (χ1) is 9.56. The minimum absolute atomic E-state index is 0.0945. The fourth-order valence-electron chi connectivity index (χ4n) is 1.54. The maximum Gasteiger partial charge on any atom is 0.262 e. The van der Waals surface area contributed by atoms with Gasteiger partial charge in [0.1, 0.15) is 17.4 Å². The van der Waals surface area contributed by atoms with E-state index in [4.69, 9.17) is 4.74 Å². The number of anilines is 1. The maximum absolute atomic E-state index is 13.3. The van der Waals surface area contributed by atoms with Crippen LogP contribution in [0, 0.1) is 18.6 Å². The number of pyridine rings is 1. The monoisotopic (exact) mass is 278 g/mol. The van der Waals surface area contributed by atoms with Crippen LogP contribution in [0.15, 0.2) is 36.5 Å². The Balaban J connectivity index is 1.94. The summed E-state index contributed by atoms with van der Waals surface area (Å²) in [7, 11) is 0. The standard InChI is InChI=1S/C14H12F2N2O2/c1-9-13(3-2-6-17-9)20-8-14(19)18-12-5-4-10(15)7-11(12)16/h2-7H,8H2,1H3,(H,18,19). The number of carbonyl (C=O) groups is 1. The van der Waals surface area contributed by atoms with Crippen molar-refractivity contribution in [3.05, 3.63) is 53.9 Å². The Morgan fingerprint density at radius 3 is 2.85 bits per heavy atom. The third-order valence-corrected chi connectivity index (χ3v) is 2.52. The topological polar surface area (TPSA) is 51.2 Å². The Kier molecular flexibility index (Phi) is 4.24. The Bertz CT molecular complexity index is 632. The van der Waals surface area contributed by atoms with Crippen LogP contribution in [0.3, 0.4) is 0 Å². The number of aromatic nitrogens is 1. The van der Waals surface area contributed by atoms with Gasteiger partial charge in [0.25, 0.3) is 5.91 Å². The molecule has 104 valence electrons. The van der Waals surface area contributed by atoms with E-state index in [9.17, 15) is 13.6 Å². The van der Waals surface area contributed by atoms with Crippen molar-refractivity contribution in [2.75, 3.05) is 11.9 Å². The number of ether oxygens (including phenoxy) is 1. The van der Waals surface area contributed by atoms with Gasteiger partial charge in [-0.25, -0.2) is 8.78 Å². The van der Waals surface area contributed by atoms with E-state index in [0.29, 0.717) is 17.5 Å². The summed E-state index contributed by atoms with van der Waals surface area (Å²) in [5.74, 6) is -1.61. The van der Waals surface area contributed by atoms with E-state index in [0.717, 1.165) is 12.1 Å². The SMILES string of the molecule is Cc1ncccc1OCC(=O)Nc1ccc(F)cc1F. The van der Waals surface area contributed by atoms with Crippen molar-refractivity contribution < 1.29 is 18.3 Å². The lowest BCUT2D eigenvalue weighted by Gasteiger charge is -2.09. The second kappa shape index (κ2) is 6.10. The zero-order valence-electron chi connectivity index (χ0n) is 10.7. The minimum Gasteiger partial charge on any atom is -0.482 e. The predicted octanol–water partition coefficient (Wildman–Crippen LogP) is 2.69. The molecule has 20 heavy (non-hydrogen) atoms. The van der Waals surface area contributed by atoms with Gasteiger partial charge in [0.2, 0.25) is 0 Å². The van der Waals surface area contributed by atoms with Gasteiger partial charge in [-0.2, -0.15) is 0 Å². The summed E-state index contributed by atoms with van der Waals surface area (Å²) in [6, 6.07) is 6.26. The number of amides is 1. The fourth-order valence-corrected chi connectivity index (χ4v) is 1.54. The third-order valence-electron chi connectivity index (χ3n) is 2.52. The van der Waals surface area contributed by atoms with Crippen LogP contribution in [0.1, 0.15) is 5.69 Å². The van der Waals surface area contributed by atoms with Gasteiger partial charge in [-0.15, -0.1) is 0 Å². The lowest BCUT2D eigenvalue weighted by molar-refractivity contribution is -0.118. The number of nitrogens with zero attached hydrogens (tertiary/aromatic N) is 1. The highest BCUT2D eigenvalue weighted by Crippen LogP contribution is 2.16. The van der Waals surface area contributed by atoms with E-state index in [1.54, 1.807) is 25.3 Å². The third kappa shape index (κ3) is 3.50. The lowest BCUT2D eigenvalue weighted by atomic mass is 10.3. The Morgan fingerprint density at radius 1 is 1.35 bits per heavy atom. The molecule has 0 bridgehead atoms. The molecule has 0 aliphatic rings. The van der Waals surface area contributed by atoms with Crippen molar-refractivity contribution in [3.8, 4) is 5.75 Å². The zero-order valence-corrected chi connectivity index (χ0v) is 10.7. The molecule has 6 heteroatoms. The van der Waals surface area contributed by atoms with Crippen molar-refractivity contribution in [3.63, 3.8) is 0 Å². The lowest BCUT2D eigenvalue weighted by Crippen LogP contribution is -2.21. The van der Waals surface area contributed by atoms with E-state index in [-0.39, 0.29) is 12.3 Å². The Labute approximate surface area is 114 Å². The van der Waals surface area contributed by atoms with Gasteiger partial charge in [0.15, 0.2) is 6.61 Å². The number of nitrogens with one attached hydrogen (secondary N) is 1. The number of hydrogen-bond donors (Lipinski definition) is 1. The molecule has 1 N–H and O–H groups in total. The molecule has 1 amide bonds. The van der Waals surface area contributed by atoms with Gasteiger partial charge in [-0.1, -0.05) is 0 Å². The number of benzene rings is 1. The van der Waals surface area contributed by atoms with E-state index < -0.39 is 17.5 Å². The molecule has 4 nitrogen and oxygen atoms in total. The fraction of sp³-hybridized carbons (Fsp3) is 0.143. The first-order valence-corrected chi connectivity index (χ1v) is 5.85. The second-order valence-corrected chi connectivity index (χ2v) is 4.05. The molecule has 1 heterocycles. The minimum atomic E-state index is -0.837. The van der Waals surface area contributed by atoms with Crippen molar-refractivity contribution in [1.29, 1.82) is 0 Å². The highest BCUT2D eigenvalue weighted by atomic mass is 19.1. The molecule has 0 radical (unpaired) electrons. The summed E-state index contributed by atoms with van der Waals surface area (Å²) < 4.78 is 31.3. The molecule has 0 aliphatic carbocycles. The van der Waals surface area contributed by atoms with Crippen LogP contribution in [0.4, 0.5) is 14.5 Å². The summed E-state index contributed by atoms with van der Waals surface area (Å²) in [5.41, 5.74) is 0.552. The number of hydrogen-bond acceptors (Lipinski definition) is 3. The summed E-state index contributed by atoms with van der Waals surface area (Å²) in [6.07, 6.45) is 1.61. The molecule has 1 aromatic heterocycles. The Morgan fingerprint density at radius 2 is 2.15 bits per heavy atom. The average Bonchev–Trinajstić information content (AvgIpc) is 2.41. The highest BCUT2D eigenvalue weighted by molar-refractivity contribution is 5.91. The molecular weight excluding hydrogens is 266 g/mol. The maximum atomic E-state index is 13.3. The largest absolute Gasteiger partial charge is 0.482 e. The molecule has 0 aliphatic heterocycles. The number of carbonyl (C=O) groups excluding carboxylic acids is 1. The van der Waals surface area contributed by atoms with Crippen LogP contribution >= 0.6 is 0 Å². The molecule has 0 saturated carbocycles. The van der Waals surface area contributed by atoms with Crippen LogP contribution in [0.5, 0.6) is 5.75 Å². The molecular formula is C14H12F2N2O2. The quantitative estimate of drug-likeness (QED) is 0.935. The smallest absolute Gasteiger partial charge is 0.262 e. The summed E-state index contributed by atoms with van der Waals surface area (Å²) in [6.45, 7) is 1.45. The van der Waals surface area contributed by atoms with E-state index in [1.165, 1.54) is 0 Å². The molecule has 2 aromatic rings. The average molecular weight is 278 g/mol. The molecule has 0 atom stereocenters. The Hall–Kier alpha value is -2.50. The van der Waals surface area contributed by atoms with Gasteiger partial charge >= 0.3 is 0 Å². The molecule has 0 spiro atoms. The van der Waals surface area contributed by atoms with Crippen LogP contribution in [-0.2, 0) is 4.79 Å². The molecule has 0 unspecified atom stereocenters. The predicted molar refractivity (Wildman–Crippen MR) is 69.5 cm³/mol. The summed E-state index contributed by atoms with van der Waals surface area (Å²) >= 11 is 0. The van der Waals surface area contributed by atoms with Gasteiger partial charge in [-0.3, -0.25) is 9.78 Å². The van der Waals surface area contributed by atoms with Crippen molar-refractivity contribution in [2.24, 2.45) is 0 Å². The molecule has 2 rings (SSSR count). The van der Waals surface area contributed by atoms with Crippen LogP contribution < -0.4 is 10.1 Å². The molecule has 0 saturated heterocycles. The molecule has 1 aromatic carbocycles.